The molecule has 24 heavy (non-hydrogen) atoms. The number of thiophene rings is 1. The lowest BCUT2D eigenvalue weighted by Crippen LogP contribution is -2.35. The van der Waals surface area contributed by atoms with Crippen LogP contribution in [0.1, 0.15) is 32.6 Å². The number of hydrogen-bond acceptors (Lipinski definition) is 4. The van der Waals surface area contributed by atoms with Gasteiger partial charge in [-0.15, -0.1) is 11.3 Å². The normalized spacial score (nSPS) is 15.4. The van der Waals surface area contributed by atoms with E-state index in [0.29, 0.717) is 0 Å². The molecule has 0 unspecified atom stereocenters. The smallest absolute Gasteiger partial charge is 0.265 e. The predicted molar refractivity (Wildman–Crippen MR) is 98.9 cm³/mol. The molecule has 1 aliphatic heterocycles. The third-order valence-electron chi connectivity index (χ3n) is 4.29. The van der Waals surface area contributed by atoms with Crippen molar-refractivity contribution in [3.8, 4) is 0 Å². The Hall–Kier alpha value is -1.69. The Bertz CT molecular complexity index is 688. The Morgan fingerprint density at radius 3 is 2.58 bits per heavy atom. The number of amides is 1. The summed E-state index contributed by atoms with van der Waals surface area (Å²) in [7, 11) is 0. The van der Waals surface area contributed by atoms with Crippen LogP contribution < -0.4 is 5.32 Å². The number of nitrogens with zero attached hydrogens (tertiary/aromatic N) is 1. The van der Waals surface area contributed by atoms with Crippen LogP contribution in [0.5, 0.6) is 0 Å². The van der Waals surface area contributed by atoms with Gasteiger partial charge in [-0.2, -0.15) is 0 Å². The Kier molecular flexibility index (Phi) is 5.66. The highest BCUT2D eigenvalue weighted by Gasteiger charge is 2.13. The van der Waals surface area contributed by atoms with Gasteiger partial charge in [-0.3, -0.25) is 9.69 Å². The van der Waals surface area contributed by atoms with Gasteiger partial charge < -0.3 is 10.1 Å². The zero-order chi connectivity index (χ0) is 16.9. The van der Waals surface area contributed by atoms with Crippen molar-refractivity contribution in [2.75, 3.05) is 31.6 Å². The SMILES string of the molecule is CCc1sc(C(=O)Nc2ccc(CN3CCOCC3)cc2)cc1C. The number of carbonyl (C=O) groups is 1. The quantitative estimate of drug-likeness (QED) is 0.899. The van der Waals surface area contributed by atoms with Crippen molar-refractivity contribution in [3.63, 3.8) is 0 Å². The third kappa shape index (κ3) is 4.23. The van der Waals surface area contributed by atoms with Gasteiger partial charge in [-0.1, -0.05) is 19.1 Å². The van der Waals surface area contributed by atoms with E-state index in [9.17, 15) is 4.79 Å². The van der Waals surface area contributed by atoms with E-state index in [2.05, 4.69) is 36.2 Å². The summed E-state index contributed by atoms with van der Waals surface area (Å²) in [5.41, 5.74) is 3.30. The van der Waals surface area contributed by atoms with Gasteiger partial charge in [0.1, 0.15) is 0 Å². The molecule has 4 nitrogen and oxygen atoms in total. The van der Waals surface area contributed by atoms with Gasteiger partial charge in [-0.05, 0) is 42.7 Å². The number of anilines is 1. The number of rotatable bonds is 5. The van der Waals surface area contributed by atoms with E-state index in [4.69, 9.17) is 4.74 Å². The van der Waals surface area contributed by atoms with Crippen LogP contribution in [0.25, 0.3) is 0 Å². The number of carbonyl (C=O) groups excluding carboxylic acids is 1. The van der Waals surface area contributed by atoms with Crippen molar-refractivity contribution >= 4 is 22.9 Å². The van der Waals surface area contributed by atoms with Crippen molar-refractivity contribution in [1.29, 1.82) is 0 Å². The molecule has 1 fully saturated rings. The monoisotopic (exact) mass is 344 g/mol. The fraction of sp³-hybridized carbons (Fsp3) is 0.421. The minimum Gasteiger partial charge on any atom is -0.379 e. The average Bonchev–Trinajstić information content (AvgIpc) is 2.99. The van der Waals surface area contributed by atoms with Gasteiger partial charge in [0.2, 0.25) is 0 Å². The van der Waals surface area contributed by atoms with Crippen molar-refractivity contribution in [1.82, 2.24) is 4.90 Å². The minimum absolute atomic E-state index is 0.0243. The number of benzene rings is 1. The van der Waals surface area contributed by atoms with Gasteiger partial charge in [0, 0.05) is 30.2 Å². The molecule has 0 radical (unpaired) electrons. The van der Waals surface area contributed by atoms with Crippen LogP contribution >= 0.6 is 11.3 Å². The summed E-state index contributed by atoms with van der Waals surface area (Å²) in [5, 5.41) is 2.99. The Morgan fingerprint density at radius 1 is 1.25 bits per heavy atom. The molecule has 0 aliphatic carbocycles. The largest absolute Gasteiger partial charge is 0.379 e. The molecule has 2 aromatic rings. The van der Waals surface area contributed by atoms with Crippen molar-refractivity contribution in [3.05, 3.63) is 51.2 Å². The fourth-order valence-electron chi connectivity index (χ4n) is 2.89. The van der Waals surface area contributed by atoms with Crippen LogP contribution in [0.2, 0.25) is 0 Å². The van der Waals surface area contributed by atoms with Gasteiger partial charge in [0.25, 0.3) is 5.91 Å². The lowest BCUT2D eigenvalue weighted by Gasteiger charge is -2.26. The third-order valence-corrected chi connectivity index (χ3v) is 5.67. The molecule has 1 aromatic carbocycles. The standard InChI is InChI=1S/C19H24N2O2S/c1-3-17-14(2)12-18(24-17)19(22)20-16-6-4-15(5-7-16)13-21-8-10-23-11-9-21/h4-7,12H,3,8-11,13H2,1-2H3,(H,20,22). The molecule has 0 spiro atoms. The molecule has 1 aliphatic rings. The van der Waals surface area contributed by atoms with E-state index < -0.39 is 0 Å². The van der Waals surface area contributed by atoms with E-state index in [1.807, 2.05) is 18.2 Å². The zero-order valence-corrected chi connectivity index (χ0v) is 15.1. The fourth-order valence-corrected chi connectivity index (χ4v) is 3.90. The molecule has 2 heterocycles. The lowest BCUT2D eigenvalue weighted by atomic mass is 10.2. The maximum absolute atomic E-state index is 12.4. The van der Waals surface area contributed by atoms with Crippen molar-refractivity contribution in [2.24, 2.45) is 0 Å². The first-order valence-corrected chi connectivity index (χ1v) is 9.27. The average molecular weight is 344 g/mol. The molecule has 3 rings (SSSR count). The second-order valence-electron chi connectivity index (χ2n) is 6.11. The molecule has 0 bridgehead atoms. The molecule has 0 atom stereocenters. The summed E-state index contributed by atoms with van der Waals surface area (Å²) < 4.78 is 5.37. The zero-order valence-electron chi connectivity index (χ0n) is 14.3. The Morgan fingerprint density at radius 2 is 1.96 bits per heavy atom. The van der Waals surface area contributed by atoms with Gasteiger partial charge in [0.05, 0.1) is 18.1 Å². The first-order valence-electron chi connectivity index (χ1n) is 8.45. The molecule has 128 valence electrons. The van der Waals surface area contributed by atoms with E-state index >= 15 is 0 Å². The molecule has 1 amide bonds. The van der Waals surface area contributed by atoms with Gasteiger partial charge in [0.15, 0.2) is 0 Å². The molecular formula is C19H24N2O2S. The van der Waals surface area contributed by atoms with E-state index in [0.717, 1.165) is 49.8 Å². The summed E-state index contributed by atoms with van der Waals surface area (Å²) in [6.45, 7) is 8.70. The van der Waals surface area contributed by atoms with E-state index in [-0.39, 0.29) is 5.91 Å². The highest BCUT2D eigenvalue weighted by Crippen LogP contribution is 2.23. The molecule has 1 aromatic heterocycles. The van der Waals surface area contributed by atoms with Gasteiger partial charge in [-0.25, -0.2) is 0 Å². The van der Waals surface area contributed by atoms with Crippen molar-refractivity contribution in [2.45, 2.75) is 26.8 Å². The summed E-state index contributed by atoms with van der Waals surface area (Å²) in [4.78, 5) is 16.8. The van der Waals surface area contributed by atoms with Crippen molar-refractivity contribution < 1.29 is 9.53 Å². The maximum atomic E-state index is 12.4. The number of nitrogens with one attached hydrogen (secondary N) is 1. The van der Waals surface area contributed by atoms with E-state index in [1.54, 1.807) is 11.3 Å². The lowest BCUT2D eigenvalue weighted by molar-refractivity contribution is 0.0342. The highest BCUT2D eigenvalue weighted by molar-refractivity contribution is 7.14. The first-order chi connectivity index (χ1) is 11.7. The Labute approximate surface area is 147 Å². The van der Waals surface area contributed by atoms with Crippen LogP contribution in [-0.2, 0) is 17.7 Å². The summed E-state index contributed by atoms with van der Waals surface area (Å²) in [5.74, 6) is -0.0243. The van der Waals surface area contributed by atoms with Crippen LogP contribution in [-0.4, -0.2) is 37.1 Å². The van der Waals surface area contributed by atoms with Crippen LogP contribution in [0.15, 0.2) is 30.3 Å². The van der Waals surface area contributed by atoms with Crippen LogP contribution in [0.4, 0.5) is 5.69 Å². The summed E-state index contributed by atoms with van der Waals surface area (Å²) >= 11 is 1.58. The number of morpholine rings is 1. The Balaban J connectivity index is 1.59. The second kappa shape index (κ2) is 7.92. The molecule has 1 saturated heterocycles. The molecular weight excluding hydrogens is 320 g/mol. The maximum Gasteiger partial charge on any atom is 0.265 e. The highest BCUT2D eigenvalue weighted by atomic mass is 32.1. The van der Waals surface area contributed by atoms with Gasteiger partial charge >= 0.3 is 0 Å². The first kappa shape index (κ1) is 17.1. The number of hydrogen-bond donors (Lipinski definition) is 1. The number of aryl methyl sites for hydroxylation is 2. The summed E-state index contributed by atoms with van der Waals surface area (Å²) in [6, 6.07) is 10.1. The van der Waals surface area contributed by atoms with Crippen LogP contribution in [0, 0.1) is 6.92 Å². The topological polar surface area (TPSA) is 41.6 Å². The molecule has 5 heteroatoms. The molecule has 1 N–H and O–H groups in total. The van der Waals surface area contributed by atoms with Crippen LogP contribution in [0.3, 0.4) is 0 Å². The minimum atomic E-state index is -0.0243. The molecule has 0 saturated carbocycles. The summed E-state index contributed by atoms with van der Waals surface area (Å²) in [6.07, 6.45) is 0.972. The van der Waals surface area contributed by atoms with E-state index in [1.165, 1.54) is 16.0 Å². The predicted octanol–water partition coefficient (Wildman–Crippen LogP) is 3.70. The second-order valence-corrected chi connectivity index (χ2v) is 7.25. The number of ether oxygens (including phenoxy) is 1.